The minimum absolute atomic E-state index is 0.113. The summed E-state index contributed by atoms with van der Waals surface area (Å²) in [4.78, 5) is 11.9. The molecule has 17 heavy (non-hydrogen) atoms. The van der Waals surface area contributed by atoms with Crippen LogP contribution in [0.4, 0.5) is 0 Å². The fraction of sp³-hybridized carbons (Fsp3) is 0.923. The fourth-order valence-electron chi connectivity index (χ4n) is 2.82. The normalized spacial score (nSPS) is 30.9. The first kappa shape index (κ1) is 12.8. The summed E-state index contributed by atoms with van der Waals surface area (Å²) in [7, 11) is 0. The summed E-state index contributed by atoms with van der Waals surface area (Å²) in [5.41, 5.74) is 5.87. The van der Waals surface area contributed by atoms with Gasteiger partial charge in [0.15, 0.2) is 0 Å². The standard InChI is InChI=1S/C13H24N2O2/c1-10-11(3-6-17-10)8-15-12(16)7-13(9-14)4-2-5-13/h10-11H,2-9,14H2,1H3,(H,15,16). The molecule has 0 aromatic carbocycles. The second-order valence-corrected chi connectivity index (χ2v) is 5.66. The quantitative estimate of drug-likeness (QED) is 0.755. The molecule has 1 aliphatic carbocycles. The molecule has 4 heteroatoms. The summed E-state index contributed by atoms with van der Waals surface area (Å²) in [6.07, 6.45) is 5.38. The monoisotopic (exact) mass is 240 g/mol. The molecule has 0 spiro atoms. The zero-order valence-corrected chi connectivity index (χ0v) is 10.7. The van der Waals surface area contributed by atoms with Crippen molar-refractivity contribution < 1.29 is 9.53 Å². The van der Waals surface area contributed by atoms with E-state index in [1.807, 2.05) is 0 Å². The average Bonchev–Trinajstić information content (AvgIpc) is 2.67. The van der Waals surface area contributed by atoms with Crippen LogP contribution >= 0.6 is 0 Å². The average molecular weight is 240 g/mol. The van der Waals surface area contributed by atoms with Gasteiger partial charge in [-0.05, 0) is 38.1 Å². The summed E-state index contributed by atoms with van der Waals surface area (Å²) >= 11 is 0. The van der Waals surface area contributed by atoms with Crippen LogP contribution in [0.15, 0.2) is 0 Å². The van der Waals surface area contributed by atoms with Crippen LogP contribution < -0.4 is 11.1 Å². The van der Waals surface area contributed by atoms with Gasteiger partial charge in [0.2, 0.25) is 5.91 Å². The first-order chi connectivity index (χ1) is 8.15. The highest BCUT2D eigenvalue weighted by Crippen LogP contribution is 2.42. The van der Waals surface area contributed by atoms with Crippen molar-refractivity contribution in [3.63, 3.8) is 0 Å². The highest BCUT2D eigenvalue weighted by Gasteiger charge is 2.37. The van der Waals surface area contributed by atoms with E-state index in [0.717, 1.165) is 32.4 Å². The Bertz CT molecular complexity index is 271. The van der Waals surface area contributed by atoms with E-state index >= 15 is 0 Å². The van der Waals surface area contributed by atoms with Crippen molar-refractivity contribution in [3.05, 3.63) is 0 Å². The Hall–Kier alpha value is -0.610. The minimum atomic E-state index is 0.113. The lowest BCUT2D eigenvalue weighted by molar-refractivity contribution is -0.125. The molecule has 4 nitrogen and oxygen atoms in total. The van der Waals surface area contributed by atoms with Gasteiger partial charge in [0, 0.05) is 25.5 Å². The van der Waals surface area contributed by atoms with Gasteiger partial charge in [-0.15, -0.1) is 0 Å². The van der Waals surface area contributed by atoms with E-state index in [1.54, 1.807) is 0 Å². The number of hydrogen-bond acceptors (Lipinski definition) is 3. The van der Waals surface area contributed by atoms with Gasteiger partial charge in [0.25, 0.3) is 0 Å². The smallest absolute Gasteiger partial charge is 0.220 e. The van der Waals surface area contributed by atoms with Crippen molar-refractivity contribution in [2.75, 3.05) is 19.7 Å². The molecule has 1 heterocycles. The molecule has 1 aliphatic heterocycles. The minimum Gasteiger partial charge on any atom is -0.378 e. The molecule has 2 atom stereocenters. The van der Waals surface area contributed by atoms with E-state index in [0.29, 0.717) is 18.9 Å². The second-order valence-electron chi connectivity index (χ2n) is 5.66. The molecule has 0 aromatic heterocycles. The lowest BCUT2D eigenvalue weighted by Crippen LogP contribution is -2.43. The molecule has 2 fully saturated rings. The highest BCUT2D eigenvalue weighted by atomic mass is 16.5. The zero-order valence-electron chi connectivity index (χ0n) is 10.7. The zero-order chi connectivity index (χ0) is 12.3. The number of carbonyl (C=O) groups excluding carboxylic acids is 1. The number of ether oxygens (including phenoxy) is 1. The number of amides is 1. The van der Waals surface area contributed by atoms with Gasteiger partial charge >= 0.3 is 0 Å². The molecular weight excluding hydrogens is 216 g/mol. The predicted octanol–water partition coefficient (Wildman–Crippen LogP) is 1.05. The van der Waals surface area contributed by atoms with Crippen LogP contribution in [0.2, 0.25) is 0 Å². The third-order valence-corrected chi connectivity index (χ3v) is 4.48. The lowest BCUT2D eigenvalue weighted by Gasteiger charge is -2.40. The Morgan fingerprint density at radius 1 is 1.53 bits per heavy atom. The van der Waals surface area contributed by atoms with Crippen molar-refractivity contribution >= 4 is 5.91 Å². The van der Waals surface area contributed by atoms with E-state index < -0.39 is 0 Å². The topological polar surface area (TPSA) is 64.3 Å². The maximum Gasteiger partial charge on any atom is 0.220 e. The molecule has 98 valence electrons. The third kappa shape index (κ3) is 2.99. The molecule has 0 aromatic rings. The number of hydrogen-bond donors (Lipinski definition) is 2. The Kier molecular flexibility index (Phi) is 4.05. The lowest BCUT2D eigenvalue weighted by atomic mass is 9.66. The van der Waals surface area contributed by atoms with Gasteiger partial charge in [-0.1, -0.05) is 6.42 Å². The number of nitrogens with one attached hydrogen (secondary N) is 1. The molecule has 2 aliphatic rings. The van der Waals surface area contributed by atoms with Crippen molar-refractivity contribution in [2.45, 2.75) is 45.1 Å². The second kappa shape index (κ2) is 5.36. The predicted molar refractivity (Wildman–Crippen MR) is 66.5 cm³/mol. The molecule has 2 rings (SSSR count). The van der Waals surface area contributed by atoms with Gasteiger partial charge < -0.3 is 15.8 Å². The summed E-state index contributed by atoms with van der Waals surface area (Å²) in [6.45, 7) is 4.30. The maximum atomic E-state index is 11.9. The van der Waals surface area contributed by atoms with Crippen molar-refractivity contribution in [1.29, 1.82) is 0 Å². The molecule has 1 saturated carbocycles. The van der Waals surface area contributed by atoms with E-state index in [-0.39, 0.29) is 17.4 Å². The SMILES string of the molecule is CC1OCCC1CNC(=O)CC1(CN)CCC1. The van der Waals surface area contributed by atoms with E-state index in [1.165, 1.54) is 6.42 Å². The van der Waals surface area contributed by atoms with Crippen LogP contribution in [-0.4, -0.2) is 31.7 Å². The molecule has 0 radical (unpaired) electrons. The van der Waals surface area contributed by atoms with Crippen LogP contribution in [0, 0.1) is 11.3 Å². The van der Waals surface area contributed by atoms with Crippen molar-refractivity contribution in [1.82, 2.24) is 5.32 Å². The van der Waals surface area contributed by atoms with Crippen molar-refractivity contribution in [2.24, 2.45) is 17.1 Å². The number of carbonyl (C=O) groups is 1. The van der Waals surface area contributed by atoms with Gasteiger partial charge in [-0.3, -0.25) is 4.79 Å². The van der Waals surface area contributed by atoms with Gasteiger partial charge in [0.1, 0.15) is 0 Å². The fourth-order valence-corrected chi connectivity index (χ4v) is 2.82. The highest BCUT2D eigenvalue weighted by molar-refractivity contribution is 5.76. The third-order valence-electron chi connectivity index (χ3n) is 4.48. The number of nitrogens with two attached hydrogens (primary N) is 1. The van der Waals surface area contributed by atoms with Gasteiger partial charge in [-0.25, -0.2) is 0 Å². The summed E-state index contributed by atoms with van der Waals surface area (Å²) in [6, 6.07) is 0. The van der Waals surface area contributed by atoms with Gasteiger partial charge in [-0.2, -0.15) is 0 Å². The maximum absolute atomic E-state index is 11.9. The van der Waals surface area contributed by atoms with Crippen LogP contribution in [0.3, 0.4) is 0 Å². The molecule has 1 amide bonds. The van der Waals surface area contributed by atoms with Crippen LogP contribution in [0.1, 0.15) is 39.0 Å². The van der Waals surface area contributed by atoms with Crippen LogP contribution in [-0.2, 0) is 9.53 Å². The Labute approximate surface area is 103 Å². The summed E-state index contributed by atoms with van der Waals surface area (Å²) in [5, 5.41) is 3.04. The molecule has 2 unspecified atom stereocenters. The Morgan fingerprint density at radius 2 is 2.29 bits per heavy atom. The Balaban J connectivity index is 1.70. The molecule has 3 N–H and O–H groups in total. The van der Waals surface area contributed by atoms with Crippen molar-refractivity contribution in [3.8, 4) is 0 Å². The van der Waals surface area contributed by atoms with Gasteiger partial charge in [0.05, 0.1) is 6.10 Å². The largest absolute Gasteiger partial charge is 0.378 e. The van der Waals surface area contributed by atoms with E-state index in [2.05, 4.69) is 12.2 Å². The molecular formula is C13H24N2O2. The Morgan fingerprint density at radius 3 is 2.76 bits per heavy atom. The summed E-state index contributed by atoms with van der Waals surface area (Å²) in [5.74, 6) is 0.642. The van der Waals surface area contributed by atoms with E-state index in [9.17, 15) is 4.79 Å². The summed E-state index contributed by atoms with van der Waals surface area (Å²) < 4.78 is 5.48. The molecule has 0 bridgehead atoms. The van der Waals surface area contributed by atoms with Crippen LogP contribution in [0.5, 0.6) is 0 Å². The first-order valence-corrected chi connectivity index (χ1v) is 6.74. The number of rotatable bonds is 5. The van der Waals surface area contributed by atoms with E-state index in [4.69, 9.17) is 10.5 Å². The molecule has 1 saturated heterocycles. The first-order valence-electron chi connectivity index (χ1n) is 6.74. The van der Waals surface area contributed by atoms with Crippen LogP contribution in [0.25, 0.3) is 0 Å².